The third kappa shape index (κ3) is 5.25. The van der Waals surface area contributed by atoms with E-state index >= 15 is 0 Å². The summed E-state index contributed by atoms with van der Waals surface area (Å²) in [6.07, 6.45) is 9.92. The summed E-state index contributed by atoms with van der Waals surface area (Å²) in [5, 5.41) is 3.78. The van der Waals surface area contributed by atoms with Gasteiger partial charge in [0.05, 0.1) is 0 Å². The van der Waals surface area contributed by atoms with Gasteiger partial charge in [-0.15, -0.1) is 0 Å². The molecule has 2 fully saturated rings. The van der Waals surface area contributed by atoms with Crippen molar-refractivity contribution in [2.75, 3.05) is 26.2 Å². The third-order valence-corrected chi connectivity index (χ3v) is 5.73. The standard InChI is InChI=1S/C19H38N2/c1-5-8-16-9-10-18(20-6-2)17(13-16)14-21-12-7-11-19(3,4)15-21/h16-18,20H,5-15H2,1-4H3. The Morgan fingerprint density at radius 2 is 2.00 bits per heavy atom. The lowest BCUT2D eigenvalue weighted by Gasteiger charge is -2.43. The molecule has 21 heavy (non-hydrogen) atoms. The van der Waals surface area contributed by atoms with E-state index in [9.17, 15) is 0 Å². The average Bonchev–Trinajstić information content (AvgIpc) is 2.41. The Morgan fingerprint density at radius 3 is 2.67 bits per heavy atom. The largest absolute Gasteiger partial charge is 0.314 e. The molecule has 2 rings (SSSR count). The zero-order chi connectivity index (χ0) is 15.3. The van der Waals surface area contributed by atoms with Crippen LogP contribution in [0, 0.1) is 17.3 Å². The fraction of sp³-hybridized carbons (Fsp3) is 1.00. The number of hydrogen-bond acceptors (Lipinski definition) is 2. The summed E-state index contributed by atoms with van der Waals surface area (Å²) in [5.74, 6) is 1.87. The zero-order valence-electron chi connectivity index (χ0n) is 15.0. The number of nitrogens with zero attached hydrogens (tertiary/aromatic N) is 1. The Bertz CT molecular complexity index is 300. The maximum absolute atomic E-state index is 3.78. The van der Waals surface area contributed by atoms with Crippen molar-refractivity contribution in [2.45, 2.75) is 78.7 Å². The van der Waals surface area contributed by atoms with Crippen LogP contribution in [0.2, 0.25) is 0 Å². The molecule has 124 valence electrons. The summed E-state index contributed by atoms with van der Waals surface area (Å²) in [6, 6.07) is 0.771. The Hall–Kier alpha value is -0.0800. The van der Waals surface area contributed by atoms with Crippen LogP contribution < -0.4 is 5.32 Å². The van der Waals surface area contributed by atoms with Crippen molar-refractivity contribution in [1.82, 2.24) is 10.2 Å². The molecule has 2 aliphatic rings. The second-order valence-electron chi connectivity index (χ2n) is 8.39. The predicted molar refractivity (Wildman–Crippen MR) is 92.7 cm³/mol. The number of piperidine rings is 1. The SMILES string of the molecule is CCCC1CCC(NCC)C(CN2CCCC(C)(C)C2)C1. The normalized spacial score (nSPS) is 34.0. The summed E-state index contributed by atoms with van der Waals surface area (Å²) in [5.41, 5.74) is 0.531. The fourth-order valence-corrected chi connectivity index (χ4v) is 4.80. The summed E-state index contributed by atoms with van der Waals surface area (Å²) >= 11 is 0. The summed E-state index contributed by atoms with van der Waals surface area (Å²) in [4.78, 5) is 2.77. The molecule has 2 heteroatoms. The third-order valence-electron chi connectivity index (χ3n) is 5.73. The molecular formula is C19H38N2. The lowest BCUT2D eigenvalue weighted by molar-refractivity contribution is 0.0742. The lowest BCUT2D eigenvalue weighted by Crippen LogP contribution is -2.49. The Labute approximate surface area is 133 Å². The van der Waals surface area contributed by atoms with Crippen LogP contribution in [0.15, 0.2) is 0 Å². The van der Waals surface area contributed by atoms with Gasteiger partial charge in [0.1, 0.15) is 0 Å². The maximum Gasteiger partial charge on any atom is 0.0108 e. The zero-order valence-corrected chi connectivity index (χ0v) is 15.0. The molecule has 0 aromatic carbocycles. The van der Waals surface area contributed by atoms with Gasteiger partial charge in [-0.25, -0.2) is 0 Å². The molecule has 0 bridgehead atoms. The molecule has 1 saturated heterocycles. The van der Waals surface area contributed by atoms with Crippen LogP contribution >= 0.6 is 0 Å². The number of nitrogens with one attached hydrogen (secondary N) is 1. The maximum atomic E-state index is 3.78. The highest BCUT2D eigenvalue weighted by Crippen LogP contribution is 2.35. The van der Waals surface area contributed by atoms with Crippen molar-refractivity contribution in [2.24, 2.45) is 17.3 Å². The first-order valence-corrected chi connectivity index (χ1v) is 9.50. The van der Waals surface area contributed by atoms with Crippen LogP contribution in [0.1, 0.15) is 72.6 Å². The smallest absolute Gasteiger partial charge is 0.0108 e. The molecule has 0 radical (unpaired) electrons. The van der Waals surface area contributed by atoms with E-state index < -0.39 is 0 Å². The molecule has 3 atom stereocenters. The second-order valence-corrected chi connectivity index (χ2v) is 8.39. The number of likely N-dealkylation sites (tertiary alicyclic amines) is 1. The Balaban J connectivity index is 1.92. The Kier molecular flexibility index (Phi) is 6.55. The van der Waals surface area contributed by atoms with Gasteiger partial charge >= 0.3 is 0 Å². The van der Waals surface area contributed by atoms with E-state index in [4.69, 9.17) is 0 Å². The van der Waals surface area contributed by atoms with E-state index in [0.717, 1.165) is 24.4 Å². The van der Waals surface area contributed by atoms with E-state index in [1.807, 2.05) is 0 Å². The summed E-state index contributed by atoms with van der Waals surface area (Å²) < 4.78 is 0. The molecule has 1 heterocycles. The van der Waals surface area contributed by atoms with Crippen molar-refractivity contribution in [1.29, 1.82) is 0 Å². The van der Waals surface area contributed by atoms with Gasteiger partial charge in [0.2, 0.25) is 0 Å². The monoisotopic (exact) mass is 294 g/mol. The van der Waals surface area contributed by atoms with Gasteiger partial charge in [-0.05, 0) is 62.4 Å². The highest BCUT2D eigenvalue weighted by Gasteiger charge is 2.33. The molecule has 0 spiro atoms. The molecule has 1 N–H and O–H groups in total. The van der Waals surface area contributed by atoms with Gasteiger partial charge in [-0.3, -0.25) is 0 Å². The number of hydrogen-bond donors (Lipinski definition) is 1. The van der Waals surface area contributed by atoms with Crippen molar-refractivity contribution < 1.29 is 0 Å². The average molecular weight is 295 g/mol. The minimum atomic E-state index is 0.531. The first-order valence-electron chi connectivity index (χ1n) is 9.50. The van der Waals surface area contributed by atoms with Gasteiger partial charge in [0.25, 0.3) is 0 Å². The minimum absolute atomic E-state index is 0.531. The molecule has 1 saturated carbocycles. The van der Waals surface area contributed by atoms with Crippen molar-refractivity contribution in [3.8, 4) is 0 Å². The van der Waals surface area contributed by atoms with Crippen LogP contribution in [0.25, 0.3) is 0 Å². The van der Waals surface area contributed by atoms with Crippen molar-refractivity contribution in [3.05, 3.63) is 0 Å². The molecule has 0 amide bonds. The Morgan fingerprint density at radius 1 is 1.19 bits per heavy atom. The quantitative estimate of drug-likeness (QED) is 0.785. The highest BCUT2D eigenvalue weighted by atomic mass is 15.1. The van der Waals surface area contributed by atoms with Gasteiger partial charge in [-0.2, -0.15) is 0 Å². The molecule has 2 nitrogen and oxygen atoms in total. The lowest BCUT2D eigenvalue weighted by atomic mass is 9.75. The predicted octanol–water partition coefficient (Wildman–Crippen LogP) is 4.30. The van der Waals surface area contributed by atoms with E-state index in [1.165, 1.54) is 64.6 Å². The topological polar surface area (TPSA) is 15.3 Å². The van der Waals surface area contributed by atoms with Crippen molar-refractivity contribution in [3.63, 3.8) is 0 Å². The fourth-order valence-electron chi connectivity index (χ4n) is 4.80. The summed E-state index contributed by atoms with van der Waals surface area (Å²) in [6.45, 7) is 14.6. The number of rotatable bonds is 6. The van der Waals surface area contributed by atoms with E-state index in [-0.39, 0.29) is 0 Å². The van der Waals surface area contributed by atoms with Crippen LogP contribution in [-0.2, 0) is 0 Å². The van der Waals surface area contributed by atoms with Gasteiger partial charge in [-0.1, -0.05) is 40.5 Å². The summed E-state index contributed by atoms with van der Waals surface area (Å²) in [7, 11) is 0. The van der Waals surface area contributed by atoms with Crippen LogP contribution in [0.4, 0.5) is 0 Å². The van der Waals surface area contributed by atoms with Crippen molar-refractivity contribution >= 4 is 0 Å². The first kappa shape index (κ1) is 17.3. The highest BCUT2D eigenvalue weighted by molar-refractivity contribution is 4.88. The minimum Gasteiger partial charge on any atom is -0.314 e. The molecule has 0 aromatic heterocycles. The van der Waals surface area contributed by atoms with E-state index in [2.05, 4.69) is 37.9 Å². The second kappa shape index (κ2) is 7.97. The van der Waals surface area contributed by atoms with Crippen LogP contribution in [-0.4, -0.2) is 37.1 Å². The van der Waals surface area contributed by atoms with Crippen LogP contribution in [0.5, 0.6) is 0 Å². The van der Waals surface area contributed by atoms with Crippen LogP contribution in [0.3, 0.4) is 0 Å². The van der Waals surface area contributed by atoms with E-state index in [1.54, 1.807) is 0 Å². The van der Waals surface area contributed by atoms with Gasteiger partial charge < -0.3 is 10.2 Å². The molecule has 1 aliphatic carbocycles. The van der Waals surface area contributed by atoms with Gasteiger partial charge in [0, 0.05) is 19.1 Å². The molecular weight excluding hydrogens is 256 g/mol. The molecule has 1 aliphatic heterocycles. The first-order chi connectivity index (χ1) is 10.0. The van der Waals surface area contributed by atoms with Gasteiger partial charge in [0.15, 0.2) is 0 Å². The molecule has 3 unspecified atom stereocenters. The van der Waals surface area contributed by atoms with E-state index in [0.29, 0.717) is 5.41 Å². The molecule has 0 aromatic rings.